The third kappa shape index (κ3) is 2.26. The van der Waals surface area contributed by atoms with Crippen molar-refractivity contribution in [1.29, 1.82) is 0 Å². The Morgan fingerprint density at radius 1 is 1.21 bits per heavy atom. The Labute approximate surface area is 142 Å². The maximum Gasteiger partial charge on any atom is 0.289 e. The maximum absolute atomic E-state index is 12.6. The molecule has 2 amide bonds. The molecule has 0 radical (unpaired) electrons. The summed E-state index contributed by atoms with van der Waals surface area (Å²) in [5, 5.41) is 10.8. The molecule has 3 aliphatic rings. The second-order valence-electron chi connectivity index (χ2n) is 8.19. The first-order valence-electron chi connectivity index (χ1n) is 8.41. The fourth-order valence-corrected chi connectivity index (χ4v) is 6.58. The number of hydrogen-bond acceptors (Lipinski definition) is 6. The Kier molecular flexibility index (Phi) is 3.90. The Hall–Kier alpha value is -0.990. The maximum atomic E-state index is 12.6. The van der Waals surface area contributed by atoms with Gasteiger partial charge in [0.05, 0.1) is 11.9 Å². The van der Waals surface area contributed by atoms with Crippen LogP contribution in [0.25, 0.3) is 0 Å². The van der Waals surface area contributed by atoms with Crippen molar-refractivity contribution < 1.29 is 27.4 Å². The Morgan fingerprint density at radius 3 is 2.17 bits per heavy atom. The van der Waals surface area contributed by atoms with E-state index >= 15 is 0 Å². The fraction of sp³-hybridized carbons (Fsp3) is 0.875. The largest absolute Gasteiger partial charge is 0.392 e. The summed E-state index contributed by atoms with van der Waals surface area (Å²) in [7, 11) is -4.18. The van der Waals surface area contributed by atoms with Crippen LogP contribution in [0.5, 0.6) is 0 Å². The second-order valence-corrected chi connectivity index (χ2v) is 9.74. The third-order valence-electron chi connectivity index (χ3n) is 6.94. The van der Waals surface area contributed by atoms with Gasteiger partial charge in [-0.05, 0) is 30.6 Å². The van der Waals surface area contributed by atoms with E-state index in [9.17, 15) is 23.1 Å². The number of nitrogens with zero attached hydrogens (tertiary/aromatic N) is 1. The van der Waals surface area contributed by atoms with Gasteiger partial charge in [0.1, 0.15) is 0 Å². The topological polar surface area (TPSA) is 101 Å². The molecular formula is C16H25NO6S. The SMILES string of the molecule is CC1C(=O)N(OS(=O)(=O)CC23CCC(CC2O)C3(C)C)C(=O)C1C. The molecule has 0 aromatic carbocycles. The lowest BCUT2D eigenvalue weighted by Gasteiger charge is -2.39. The number of aliphatic hydroxyl groups is 1. The van der Waals surface area contributed by atoms with Gasteiger partial charge in [-0.2, -0.15) is 8.42 Å². The lowest BCUT2D eigenvalue weighted by molar-refractivity contribution is -0.165. The van der Waals surface area contributed by atoms with Gasteiger partial charge in [-0.25, -0.2) is 0 Å². The highest BCUT2D eigenvalue weighted by atomic mass is 32.2. The molecule has 136 valence electrons. The highest BCUT2D eigenvalue weighted by Crippen LogP contribution is 2.66. The van der Waals surface area contributed by atoms with Gasteiger partial charge in [0, 0.05) is 17.3 Å². The fourth-order valence-electron chi connectivity index (χ4n) is 4.81. The summed E-state index contributed by atoms with van der Waals surface area (Å²) in [6.45, 7) is 7.11. The lowest BCUT2D eigenvalue weighted by Crippen LogP contribution is -2.46. The number of hydroxylamine groups is 2. The van der Waals surface area contributed by atoms with Crippen molar-refractivity contribution >= 4 is 21.9 Å². The normalized spacial score (nSPS) is 41.5. The van der Waals surface area contributed by atoms with Crippen molar-refractivity contribution in [3.8, 4) is 0 Å². The molecule has 0 aromatic heterocycles. The average Bonchev–Trinajstić information content (AvgIpc) is 2.90. The Morgan fingerprint density at radius 2 is 1.75 bits per heavy atom. The zero-order valence-corrected chi connectivity index (χ0v) is 15.3. The predicted molar refractivity (Wildman–Crippen MR) is 84.6 cm³/mol. The van der Waals surface area contributed by atoms with Crippen LogP contribution in [-0.4, -0.2) is 42.3 Å². The van der Waals surface area contributed by atoms with E-state index in [4.69, 9.17) is 4.28 Å². The van der Waals surface area contributed by atoms with E-state index in [0.717, 1.165) is 6.42 Å². The summed E-state index contributed by atoms with van der Waals surface area (Å²) in [5.74, 6) is -2.58. The Balaban J connectivity index is 1.83. The molecule has 5 unspecified atom stereocenters. The van der Waals surface area contributed by atoms with E-state index in [2.05, 4.69) is 0 Å². The standard InChI is InChI=1S/C16H25NO6S/c1-9-10(2)14(20)17(13(9)19)23-24(21,22)8-16-6-5-11(7-12(16)18)15(16,3)4/h9-12,18H,5-8H2,1-4H3. The van der Waals surface area contributed by atoms with Crippen molar-refractivity contribution in [2.75, 3.05) is 5.75 Å². The molecule has 2 saturated carbocycles. The number of carbonyl (C=O) groups excluding carboxylic acids is 2. The molecule has 8 heteroatoms. The average molecular weight is 359 g/mol. The van der Waals surface area contributed by atoms with E-state index in [0.29, 0.717) is 17.9 Å². The van der Waals surface area contributed by atoms with Crippen LogP contribution in [0, 0.1) is 28.6 Å². The van der Waals surface area contributed by atoms with Gasteiger partial charge in [0.15, 0.2) is 0 Å². The quantitative estimate of drug-likeness (QED) is 0.754. The van der Waals surface area contributed by atoms with Crippen molar-refractivity contribution in [3.63, 3.8) is 0 Å². The van der Waals surface area contributed by atoms with Crippen molar-refractivity contribution in [2.45, 2.75) is 53.1 Å². The molecule has 24 heavy (non-hydrogen) atoms. The number of carbonyl (C=O) groups is 2. The lowest BCUT2D eigenvalue weighted by atomic mass is 9.70. The minimum Gasteiger partial charge on any atom is -0.392 e. The molecule has 0 aromatic rings. The first-order chi connectivity index (χ1) is 10.9. The molecule has 3 rings (SSSR count). The number of aliphatic hydroxyl groups excluding tert-OH is 1. The zero-order valence-electron chi connectivity index (χ0n) is 14.5. The van der Waals surface area contributed by atoms with Crippen molar-refractivity contribution in [1.82, 2.24) is 5.06 Å². The predicted octanol–water partition coefficient (Wildman–Crippen LogP) is 1.08. The summed E-state index contributed by atoms with van der Waals surface area (Å²) in [6, 6.07) is 0. The van der Waals surface area contributed by atoms with Crippen LogP contribution in [0.4, 0.5) is 0 Å². The summed E-state index contributed by atoms with van der Waals surface area (Å²) >= 11 is 0. The molecular weight excluding hydrogens is 334 g/mol. The van der Waals surface area contributed by atoms with Crippen LogP contribution >= 0.6 is 0 Å². The van der Waals surface area contributed by atoms with Gasteiger partial charge < -0.3 is 5.11 Å². The number of amides is 2. The van der Waals surface area contributed by atoms with E-state index in [1.165, 1.54) is 0 Å². The van der Waals surface area contributed by atoms with E-state index < -0.39 is 45.3 Å². The van der Waals surface area contributed by atoms with Gasteiger partial charge in [0.25, 0.3) is 21.9 Å². The molecule has 1 aliphatic heterocycles. The molecule has 5 atom stereocenters. The second kappa shape index (κ2) is 5.25. The monoisotopic (exact) mass is 359 g/mol. The van der Waals surface area contributed by atoms with E-state index in [1.54, 1.807) is 13.8 Å². The minimum atomic E-state index is -4.18. The molecule has 1 heterocycles. The molecule has 1 N–H and O–H groups in total. The number of fused-ring (bicyclic) bond motifs is 2. The Bertz CT molecular complexity index is 667. The van der Waals surface area contributed by atoms with Gasteiger partial charge in [-0.3, -0.25) is 9.59 Å². The van der Waals surface area contributed by atoms with E-state index in [-0.39, 0.29) is 17.1 Å². The summed E-state index contributed by atoms with van der Waals surface area (Å²) in [4.78, 5) is 24.1. The highest BCUT2D eigenvalue weighted by Gasteiger charge is 2.65. The minimum absolute atomic E-state index is 0.276. The van der Waals surface area contributed by atoms with Crippen molar-refractivity contribution in [2.24, 2.45) is 28.6 Å². The van der Waals surface area contributed by atoms with Crippen LogP contribution in [-0.2, 0) is 24.0 Å². The first kappa shape index (κ1) is 17.8. The smallest absolute Gasteiger partial charge is 0.289 e. The van der Waals surface area contributed by atoms with Crippen LogP contribution in [0.15, 0.2) is 0 Å². The van der Waals surface area contributed by atoms with Crippen molar-refractivity contribution in [3.05, 3.63) is 0 Å². The molecule has 3 fully saturated rings. The van der Waals surface area contributed by atoms with Gasteiger partial charge in [0.2, 0.25) is 0 Å². The molecule has 2 aliphatic carbocycles. The first-order valence-corrected chi connectivity index (χ1v) is 9.99. The zero-order chi connectivity index (χ0) is 18.1. The number of imide groups is 1. The number of hydrogen-bond donors (Lipinski definition) is 1. The third-order valence-corrected chi connectivity index (χ3v) is 8.19. The summed E-state index contributed by atoms with van der Waals surface area (Å²) < 4.78 is 30.1. The van der Waals surface area contributed by atoms with E-state index in [1.807, 2.05) is 13.8 Å². The summed E-state index contributed by atoms with van der Waals surface area (Å²) in [6.07, 6.45) is 1.34. The number of rotatable bonds is 4. The molecule has 0 spiro atoms. The van der Waals surface area contributed by atoms with Gasteiger partial charge >= 0.3 is 0 Å². The molecule has 1 saturated heterocycles. The van der Waals surface area contributed by atoms with Crippen LogP contribution in [0.2, 0.25) is 0 Å². The summed E-state index contributed by atoms with van der Waals surface area (Å²) in [5.41, 5.74) is -1.12. The van der Waals surface area contributed by atoms with Crippen LogP contribution in [0.3, 0.4) is 0 Å². The van der Waals surface area contributed by atoms with Gasteiger partial charge in [-0.15, -0.1) is 9.35 Å². The van der Waals surface area contributed by atoms with Crippen LogP contribution in [0.1, 0.15) is 47.0 Å². The molecule has 2 bridgehead atoms. The molecule has 7 nitrogen and oxygen atoms in total. The van der Waals surface area contributed by atoms with Crippen LogP contribution < -0.4 is 0 Å². The highest BCUT2D eigenvalue weighted by molar-refractivity contribution is 7.86. The van der Waals surface area contributed by atoms with Gasteiger partial charge in [-0.1, -0.05) is 27.7 Å².